The minimum Gasteiger partial charge on any atom is -0.496 e. The van der Waals surface area contributed by atoms with Gasteiger partial charge in [0.25, 0.3) is 0 Å². The molecule has 0 aliphatic rings. The van der Waals surface area contributed by atoms with Crippen LogP contribution in [-0.2, 0) is 13.1 Å². The Bertz CT molecular complexity index is 634. The number of benzene rings is 1. The summed E-state index contributed by atoms with van der Waals surface area (Å²) in [5.41, 5.74) is 2.56. The molecule has 0 radical (unpaired) electrons. The van der Waals surface area contributed by atoms with Gasteiger partial charge in [0.15, 0.2) is 5.78 Å². The molecule has 0 spiro atoms. The lowest BCUT2D eigenvalue weighted by Gasteiger charge is -2.17. The Morgan fingerprint density at radius 2 is 2.10 bits per heavy atom. The van der Waals surface area contributed by atoms with E-state index in [1.54, 1.807) is 20.1 Å². The first-order valence-corrected chi connectivity index (χ1v) is 6.78. The van der Waals surface area contributed by atoms with E-state index in [1.807, 2.05) is 32.2 Å². The fraction of sp³-hybridized carbons (Fsp3) is 0.375. The van der Waals surface area contributed by atoms with Gasteiger partial charge in [-0.25, -0.2) is 0 Å². The van der Waals surface area contributed by atoms with Gasteiger partial charge in [-0.3, -0.25) is 9.69 Å². The van der Waals surface area contributed by atoms with Gasteiger partial charge in [0.2, 0.25) is 0 Å². The molecule has 0 atom stereocenters. The number of aromatic nitrogens is 1. The Kier molecular flexibility index (Phi) is 4.75. The summed E-state index contributed by atoms with van der Waals surface area (Å²) >= 11 is 0. The maximum Gasteiger partial charge on any atom is 0.159 e. The topological polar surface area (TPSA) is 55.6 Å². The van der Waals surface area contributed by atoms with Crippen LogP contribution in [0.3, 0.4) is 0 Å². The Morgan fingerprint density at radius 3 is 2.67 bits per heavy atom. The monoisotopic (exact) mass is 288 g/mol. The van der Waals surface area contributed by atoms with Crippen LogP contribution >= 0.6 is 0 Å². The van der Waals surface area contributed by atoms with Crippen molar-refractivity contribution in [3.05, 3.63) is 46.8 Å². The Morgan fingerprint density at radius 1 is 1.33 bits per heavy atom. The number of methoxy groups -OCH3 is 1. The van der Waals surface area contributed by atoms with E-state index < -0.39 is 0 Å². The Labute approximate surface area is 124 Å². The molecule has 2 aromatic rings. The largest absolute Gasteiger partial charge is 0.496 e. The van der Waals surface area contributed by atoms with E-state index in [-0.39, 0.29) is 5.78 Å². The van der Waals surface area contributed by atoms with Crippen LogP contribution in [0, 0.1) is 6.92 Å². The van der Waals surface area contributed by atoms with Gasteiger partial charge in [-0.1, -0.05) is 5.16 Å². The van der Waals surface area contributed by atoms with Crippen molar-refractivity contribution in [3.63, 3.8) is 0 Å². The predicted octanol–water partition coefficient (Wildman–Crippen LogP) is 2.83. The molecule has 0 N–H and O–H groups in total. The summed E-state index contributed by atoms with van der Waals surface area (Å²) in [5.74, 6) is 1.63. The third kappa shape index (κ3) is 3.92. The lowest BCUT2D eigenvalue weighted by molar-refractivity contribution is 0.101. The maximum absolute atomic E-state index is 11.5. The average molecular weight is 288 g/mol. The molecule has 5 nitrogen and oxygen atoms in total. The first-order chi connectivity index (χ1) is 9.99. The number of carbonyl (C=O) groups excluding carboxylic acids is 1. The number of aryl methyl sites for hydroxylation is 1. The predicted molar refractivity (Wildman–Crippen MR) is 79.4 cm³/mol. The molecule has 21 heavy (non-hydrogen) atoms. The van der Waals surface area contributed by atoms with Gasteiger partial charge in [-0.05, 0) is 39.1 Å². The Hall–Kier alpha value is -2.14. The SMILES string of the molecule is COc1ccc(C(C)=O)cc1CN(C)Cc1cc(C)on1. The smallest absolute Gasteiger partial charge is 0.159 e. The van der Waals surface area contributed by atoms with Crippen molar-refractivity contribution >= 4 is 5.78 Å². The third-order valence-electron chi connectivity index (χ3n) is 3.24. The highest BCUT2D eigenvalue weighted by Gasteiger charge is 2.11. The minimum absolute atomic E-state index is 0.0497. The van der Waals surface area contributed by atoms with E-state index in [4.69, 9.17) is 9.26 Å². The van der Waals surface area contributed by atoms with Crippen LogP contribution in [0.4, 0.5) is 0 Å². The van der Waals surface area contributed by atoms with Crippen molar-refractivity contribution in [2.45, 2.75) is 26.9 Å². The van der Waals surface area contributed by atoms with Gasteiger partial charge in [0.1, 0.15) is 11.5 Å². The first kappa shape index (κ1) is 15.3. The number of Topliss-reactive ketones (excluding diaryl/α,β-unsaturated/α-hetero) is 1. The van der Waals surface area contributed by atoms with Gasteiger partial charge in [0, 0.05) is 30.3 Å². The number of nitrogens with zero attached hydrogens (tertiary/aromatic N) is 2. The van der Waals surface area contributed by atoms with E-state index >= 15 is 0 Å². The van der Waals surface area contributed by atoms with Crippen molar-refractivity contribution in [2.24, 2.45) is 0 Å². The second kappa shape index (κ2) is 6.54. The molecule has 0 amide bonds. The van der Waals surface area contributed by atoms with E-state index in [0.29, 0.717) is 18.7 Å². The van der Waals surface area contributed by atoms with Crippen LogP contribution in [0.5, 0.6) is 5.75 Å². The molecule has 2 rings (SSSR count). The summed E-state index contributed by atoms with van der Waals surface area (Å²) in [7, 11) is 3.62. The number of hydrogen-bond donors (Lipinski definition) is 0. The molecule has 0 aliphatic heterocycles. The standard InChI is InChI=1S/C16H20N2O3/c1-11-7-15(17-21-11)10-18(3)9-14-8-13(12(2)19)5-6-16(14)20-4/h5-8H,9-10H2,1-4H3. The Balaban J connectivity index is 2.13. The van der Waals surface area contributed by atoms with Crippen LogP contribution in [0.1, 0.15) is 34.3 Å². The summed E-state index contributed by atoms with van der Waals surface area (Å²) < 4.78 is 10.4. The quantitative estimate of drug-likeness (QED) is 0.765. The van der Waals surface area contributed by atoms with E-state index in [2.05, 4.69) is 10.1 Å². The summed E-state index contributed by atoms with van der Waals surface area (Å²) in [4.78, 5) is 13.6. The normalized spacial score (nSPS) is 10.9. The van der Waals surface area contributed by atoms with E-state index in [0.717, 1.165) is 22.8 Å². The van der Waals surface area contributed by atoms with Crippen LogP contribution in [-0.4, -0.2) is 30.0 Å². The van der Waals surface area contributed by atoms with Crippen molar-refractivity contribution in [1.82, 2.24) is 10.1 Å². The molecule has 0 bridgehead atoms. The lowest BCUT2D eigenvalue weighted by Crippen LogP contribution is -2.18. The zero-order valence-electron chi connectivity index (χ0n) is 12.8. The number of rotatable bonds is 6. The summed E-state index contributed by atoms with van der Waals surface area (Å²) in [6.45, 7) is 4.77. The zero-order chi connectivity index (χ0) is 15.4. The van der Waals surface area contributed by atoms with Gasteiger partial charge in [0.05, 0.1) is 12.8 Å². The lowest BCUT2D eigenvalue weighted by atomic mass is 10.1. The third-order valence-corrected chi connectivity index (χ3v) is 3.24. The number of carbonyl (C=O) groups is 1. The molecule has 0 unspecified atom stereocenters. The van der Waals surface area contributed by atoms with Gasteiger partial charge in [-0.2, -0.15) is 0 Å². The summed E-state index contributed by atoms with van der Waals surface area (Å²) in [6, 6.07) is 7.41. The molecule has 0 saturated heterocycles. The second-order valence-electron chi connectivity index (χ2n) is 5.18. The molecule has 0 fully saturated rings. The molecule has 1 heterocycles. The van der Waals surface area contributed by atoms with Crippen molar-refractivity contribution in [3.8, 4) is 5.75 Å². The molecule has 112 valence electrons. The van der Waals surface area contributed by atoms with Crippen LogP contribution in [0.2, 0.25) is 0 Å². The zero-order valence-corrected chi connectivity index (χ0v) is 12.8. The van der Waals surface area contributed by atoms with E-state index in [1.165, 1.54) is 0 Å². The van der Waals surface area contributed by atoms with E-state index in [9.17, 15) is 4.79 Å². The van der Waals surface area contributed by atoms with Crippen LogP contribution < -0.4 is 4.74 Å². The van der Waals surface area contributed by atoms with Crippen molar-refractivity contribution < 1.29 is 14.1 Å². The first-order valence-electron chi connectivity index (χ1n) is 6.78. The number of ketones is 1. The average Bonchev–Trinajstić information content (AvgIpc) is 2.83. The molecule has 5 heteroatoms. The fourth-order valence-corrected chi connectivity index (χ4v) is 2.24. The number of ether oxygens (including phenoxy) is 1. The van der Waals surface area contributed by atoms with Crippen LogP contribution in [0.15, 0.2) is 28.8 Å². The highest BCUT2D eigenvalue weighted by atomic mass is 16.5. The number of hydrogen-bond acceptors (Lipinski definition) is 5. The van der Waals surface area contributed by atoms with Crippen LogP contribution in [0.25, 0.3) is 0 Å². The molecular formula is C16H20N2O3. The van der Waals surface area contributed by atoms with Crippen molar-refractivity contribution in [2.75, 3.05) is 14.2 Å². The molecule has 1 aromatic carbocycles. The molecule has 0 saturated carbocycles. The second-order valence-corrected chi connectivity index (χ2v) is 5.18. The molecule has 1 aromatic heterocycles. The van der Waals surface area contributed by atoms with Gasteiger partial charge >= 0.3 is 0 Å². The summed E-state index contributed by atoms with van der Waals surface area (Å²) in [5, 5.41) is 3.98. The molecular weight excluding hydrogens is 268 g/mol. The highest BCUT2D eigenvalue weighted by Crippen LogP contribution is 2.22. The van der Waals surface area contributed by atoms with Crippen molar-refractivity contribution in [1.29, 1.82) is 0 Å². The fourth-order valence-electron chi connectivity index (χ4n) is 2.24. The summed E-state index contributed by atoms with van der Waals surface area (Å²) in [6.07, 6.45) is 0. The highest BCUT2D eigenvalue weighted by molar-refractivity contribution is 5.94. The van der Waals surface area contributed by atoms with Gasteiger partial charge in [-0.15, -0.1) is 0 Å². The maximum atomic E-state index is 11.5. The minimum atomic E-state index is 0.0497. The van der Waals surface area contributed by atoms with Gasteiger partial charge < -0.3 is 9.26 Å². The molecule has 0 aliphatic carbocycles.